The molecule has 0 bridgehead atoms. The third-order valence-electron chi connectivity index (χ3n) is 5.07. The Morgan fingerprint density at radius 1 is 1.19 bits per heavy atom. The number of aryl methyl sites for hydroxylation is 1. The molecule has 10 heteroatoms. The average molecular weight is 496 g/mol. The second-order valence-electron chi connectivity index (χ2n) is 7.28. The molecule has 0 saturated heterocycles. The number of nitrogens with two attached hydrogens (primary N) is 1. The second-order valence-corrected chi connectivity index (χ2v) is 8.09. The molecule has 0 aliphatic carbocycles. The van der Waals surface area contributed by atoms with Crippen LogP contribution >= 0.6 is 15.9 Å². The van der Waals surface area contributed by atoms with Crippen molar-refractivity contribution in [3.63, 3.8) is 0 Å². The largest absolute Gasteiger partial charge is 0.383 e. The van der Waals surface area contributed by atoms with Gasteiger partial charge in [0.25, 0.3) is 5.91 Å². The molecule has 0 aliphatic rings. The van der Waals surface area contributed by atoms with Crippen molar-refractivity contribution in [3.05, 3.63) is 81.9 Å². The fourth-order valence-corrected chi connectivity index (χ4v) is 3.50. The van der Waals surface area contributed by atoms with E-state index in [2.05, 4.69) is 41.1 Å². The summed E-state index contributed by atoms with van der Waals surface area (Å²) in [5, 5.41) is 8.71. The second kappa shape index (κ2) is 8.91. The van der Waals surface area contributed by atoms with Gasteiger partial charge in [0.05, 0.1) is 29.4 Å². The van der Waals surface area contributed by atoms with E-state index in [4.69, 9.17) is 5.73 Å². The summed E-state index contributed by atoms with van der Waals surface area (Å²) in [4.78, 5) is 27.8. The number of pyridine rings is 1. The first kappa shape index (κ1) is 21.7. The molecule has 8 nitrogen and oxygen atoms in total. The maximum atomic E-state index is 15.0. The number of aromatic nitrogens is 5. The number of carbonyl (C=O) groups excluding carboxylic acids is 1. The van der Waals surface area contributed by atoms with E-state index in [1.807, 2.05) is 0 Å². The molecule has 0 spiro atoms. The molecule has 1 atom stereocenters. The summed E-state index contributed by atoms with van der Waals surface area (Å²) in [6.07, 6.45) is 3.19. The number of nitrogens with zero attached hydrogens (tertiary/aromatic N) is 6. The molecule has 4 rings (SSSR count). The van der Waals surface area contributed by atoms with Gasteiger partial charge in [-0.15, -0.1) is 5.10 Å². The Morgan fingerprint density at radius 3 is 2.62 bits per heavy atom. The van der Waals surface area contributed by atoms with Crippen LogP contribution in [0, 0.1) is 12.7 Å². The number of anilines is 1. The predicted molar refractivity (Wildman–Crippen MR) is 121 cm³/mol. The van der Waals surface area contributed by atoms with Crippen LogP contribution in [0.2, 0.25) is 0 Å². The first-order valence-corrected chi connectivity index (χ1v) is 10.5. The lowest BCUT2D eigenvalue weighted by Crippen LogP contribution is -2.35. The Labute approximate surface area is 191 Å². The summed E-state index contributed by atoms with van der Waals surface area (Å²) < 4.78 is 15.6. The summed E-state index contributed by atoms with van der Waals surface area (Å²) in [6.45, 7) is 3.68. The highest BCUT2D eigenvalue weighted by Crippen LogP contribution is 2.26. The van der Waals surface area contributed by atoms with E-state index in [0.29, 0.717) is 32.8 Å². The lowest BCUT2D eigenvalue weighted by Gasteiger charge is -2.28. The molecule has 0 aliphatic heterocycles. The van der Waals surface area contributed by atoms with Crippen LogP contribution < -0.4 is 5.73 Å². The molecule has 3 aromatic heterocycles. The highest BCUT2D eigenvalue weighted by Gasteiger charge is 2.28. The van der Waals surface area contributed by atoms with E-state index in [-0.39, 0.29) is 12.1 Å². The maximum Gasteiger partial charge on any atom is 0.257 e. The number of fused-ring (bicyclic) bond motifs is 1. The average Bonchev–Trinajstić information content (AvgIpc) is 2.79. The van der Waals surface area contributed by atoms with Crippen molar-refractivity contribution < 1.29 is 9.18 Å². The Morgan fingerprint density at radius 2 is 1.94 bits per heavy atom. The van der Waals surface area contributed by atoms with E-state index in [0.717, 1.165) is 5.56 Å². The minimum Gasteiger partial charge on any atom is -0.383 e. The Kier molecular flexibility index (Phi) is 6.04. The Balaban J connectivity index is 1.77. The van der Waals surface area contributed by atoms with Crippen LogP contribution in [0.5, 0.6) is 0 Å². The van der Waals surface area contributed by atoms with Crippen LogP contribution in [0.25, 0.3) is 10.9 Å². The number of rotatable bonds is 5. The minimum atomic E-state index is -0.689. The zero-order valence-corrected chi connectivity index (χ0v) is 18.9. The van der Waals surface area contributed by atoms with Crippen molar-refractivity contribution >= 4 is 38.6 Å². The quantitative estimate of drug-likeness (QED) is 0.445. The van der Waals surface area contributed by atoms with Gasteiger partial charge in [-0.05, 0) is 65.7 Å². The van der Waals surface area contributed by atoms with Crippen molar-refractivity contribution in [2.75, 3.05) is 5.73 Å². The number of nitrogen functional groups attached to an aromatic ring is 1. The molecular weight excluding hydrogens is 477 g/mol. The molecule has 2 N–H and O–H groups in total. The van der Waals surface area contributed by atoms with Gasteiger partial charge in [0, 0.05) is 23.8 Å². The Bertz CT molecular complexity index is 1290. The molecule has 162 valence electrons. The zero-order chi connectivity index (χ0) is 22.8. The standard InChI is InChI=1S/C22H19BrFN7O/c1-12-8-14-9-16(17(24)10-18(14)28-20(12)25)22(32)31(11-15-4-5-19(23)30-29-15)13(2)21-26-6-3-7-27-21/h3-10,13H,11H2,1-2H3,(H2,25,28)/t13-/m1/s1. The fourth-order valence-electron chi connectivity index (χ4n) is 3.29. The van der Waals surface area contributed by atoms with E-state index in [1.54, 1.807) is 50.5 Å². The van der Waals surface area contributed by atoms with E-state index in [1.165, 1.54) is 17.0 Å². The highest BCUT2D eigenvalue weighted by molar-refractivity contribution is 9.10. The van der Waals surface area contributed by atoms with Gasteiger partial charge in [-0.2, -0.15) is 5.10 Å². The molecule has 32 heavy (non-hydrogen) atoms. The molecule has 3 heterocycles. The SMILES string of the molecule is Cc1cc2cc(C(=O)N(Cc3ccc(Br)nn3)[C@H](C)c3ncccn3)c(F)cc2nc1N. The fraction of sp³-hybridized carbons (Fsp3) is 0.182. The van der Waals surface area contributed by atoms with Crippen molar-refractivity contribution in [3.8, 4) is 0 Å². The van der Waals surface area contributed by atoms with Gasteiger partial charge in [0.2, 0.25) is 0 Å². The molecule has 1 amide bonds. The number of carbonyl (C=O) groups is 1. The summed E-state index contributed by atoms with van der Waals surface area (Å²) in [5.41, 5.74) is 7.42. The first-order chi connectivity index (χ1) is 15.3. The third-order valence-corrected chi connectivity index (χ3v) is 5.49. The van der Waals surface area contributed by atoms with E-state index >= 15 is 4.39 Å². The number of amides is 1. The van der Waals surface area contributed by atoms with Gasteiger partial charge in [-0.25, -0.2) is 19.3 Å². The molecular formula is C22H19BrFN7O. The summed E-state index contributed by atoms with van der Waals surface area (Å²) >= 11 is 3.25. The molecule has 1 aromatic carbocycles. The van der Waals surface area contributed by atoms with Gasteiger partial charge in [-0.1, -0.05) is 0 Å². The van der Waals surface area contributed by atoms with Crippen LogP contribution in [0.15, 0.2) is 53.4 Å². The summed E-state index contributed by atoms with van der Waals surface area (Å²) in [5.74, 6) is -0.464. The van der Waals surface area contributed by atoms with Crippen molar-refractivity contribution in [2.45, 2.75) is 26.4 Å². The molecule has 0 radical (unpaired) electrons. The van der Waals surface area contributed by atoms with E-state index in [9.17, 15) is 4.79 Å². The number of hydrogen-bond acceptors (Lipinski definition) is 7. The van der Waals surface area contributed by atoms with Crippen molar-refractivity contribution in [1.29, 1.82) is 0 Å². The van der Waals surface area contributed by atoms with Crippen LogP contribution in [0.1, 0.15) is 40.4 Å². The Hall–Kier alpha value is -3.53. The monoisotopic (exact) mass is 495 g/mol. The van der Waals surface area contributed by atoms with Gasteiger partial charge in [0.1, 0.15) is 22.1 Å². The number of benzene rings is 1. The van der Waals surface area contributed by atoms with Gasteiger partial charge >= 0.3 is 0 Å². The van der Waals surface area contributed by atoms with Gasteiger partial charge in [-0.3, -0.25) is 4.79 Å². The lowest BCUT2D eigenvalue weighted by molar-refractivity contribution is 0.0658. The first-order valence-electron chi connectivity index (χ1n) is 9.76. The normalized spacial score (nSPS) is 12.0. The zero-order valence-electron chi connectivity index (χ0n) is 17.3. The van der Waals surface area contributed by atoms with Crippen LogP contribution in [0.4, 0.5) is 10.2 Å². The smallest absolute Gasteiger partial charge is 0.257 e. The van der Waals surface area contributed by atoms with Gasteiger partial charge in [0.15, 0.2) is 0 Å². The summed E-state index contributed by atoms with van der Waals surface area (Å²) in [6, 6.07) is 9.10. The minimum absolute atomic E-state index is 0.0867. The van der Waals surface area contributed by atoms with Crippen molar-refractivity contribution in [2.24, 2.45) is 0 Å². The van der Waals surface area contributed by atoms with Crippen LogP contribution in [-0.4, -0.2) is 36.0 Å². The molecule has 4 aromatic rings. The van der Waals surface area contributed by atoms with Gasteiger partial charge < -0.3 is 10.6 Å². The molecule has 0 fully saturated rings. The maximum absolute atomic E-state index is 15.0. The molecule has 0 saturated carbocycles. The summed E-state index contributed by atoms with van der Waals surface area (Å²) in [7, 11) is 0. The van der Waals surface area contributed by atoms with Crippen LogP contribution in [-0.2, 0) is 6.54 Å². The van der Waals surface area contributed by atoms with Crippen molar-refractivity contribution in [1.82, 2.24) is 30.0 Å². The third kappa shape index (κ3) is 4.40. The highest BCUT2D eigenvalue weighted by atomic mass is 79.9. The predicted octanol–water partition coefficient (Wildman–Crippen LogP) is 4.01. The molecule has 0 unspecified atom stereocenters. The lowest BCUT2D eigenvalue weighted by atomic mass is 10.1. The number of halogens is 2. The van der Waals surface area contributed by atoms with E-state index < -0.39 is 17.8 Å². The topological polar surface area (TPSA) is 111 Å². The number of hydrogen-bond donors (Lipinski definition) is 1. The van der Waals surface area contributed by atoms with Crippen LogP contribution in [0.3, 0.4) is 0 Å².